The molecule has 0 heterocycles. The molecule has 108 valence electrons. The van der Waals surface area contributed by atoms with Crippen molar-refractivity contribution in [2.45, 2.75) is 33.8 Å². The van der Waals surface area contributed by atoms with Gasteiger partial charge in [0.15, 0.2) is 0 Å². The fourth-order valence-corrected chi connectivity index (χ4v) is 2.30. The van der Waals surface area contributed by atoms with Crippen molar-refractivity contribution in [3.63, 3.8) is 0 Å². The Morgan fingerprint density at radius 2 is 2.10 bits per heavy atom. The number of allylic oxidation sites excluding steroid dienone is 2. The summed E-state index contributed by atoms with van der Waals surface area (Å²) in [6.45, 7) is 8.44. The van der Waals surface area contributed by atoms with Crippen LogP contribution in [-0.4, -0.2) is 25.8 Å². The first-order valence-corrected chi connectivity index (χ1v) is 6.63. The van der Waals surface area contributed by atoms with Gasteiger partial charge >= 0.3 is 5.97 Å². The van der Waals surface area contributed by atoms with Crippen molar-refractivity contribution >= 4 is 5.97 Å². The lowest BCUT2D eigenvalue weighted by Crippen LogP contribution is -2.18. The number of methoxy groups -OCH3 is 1. The van der Waals surface area contributed by atoms with Gasteiger partial charge in [0.1, 0.15) is 6.61 Å². The van der Waals surface area contributed by atoms with Crippen LogP contribution in [0.15, 0.2) is 11.6 Å². The van der Waals surface area contributed by atoms with Gasteiger partial charge in [0, 0.05) is 7.11 Å². The zero-order chi connectivity index (χ0) is 15.3. The Labute approximate surface area is 121 Å². The standard InChI is InChI=1S/C17H22O3/c1-7-13(9-8-10-19-6)20-16(18)15-14(11-12(2)3)17(15,4)5/h1,11,13-15H,10H2,2-6H3. The molecule has 20 heavy (non-hydrogen) atoms. The third kappa shape index (κ3) is 3.89. The summed E-state index contributed by atoms with van der Waals surface area (Å²) < 4.78 is 10.1. The van der Waals surface area contributed by atoms with Crippen LogP contribution in [0.2, 0.25) is 0 Å². The van der Waals surface area contributed by atoms with E-state index in [4.69, 9.17) is 15.9 Å². The van der Waals surface area contributed by atoms with Crippen LogP contribution in [0.5, 0.6) is 0 Å². The van der Waals surface area contributed by atoms with Crippen molar-refractivity contribution in [1.29, 1.82) is 0 Å². The quantitative estimate of drug-likeness (QED) is 0.449. The molecule has 0 aromatic rings. The number of esters is 1. The molecule has 1 aliphatic carbocycles. The Kier molecular flexibility index (Phi) is 5.43. The van der Waals surface area contributed by atoms with Gasteiger partial charge < -0.3 is 9.47 Å². The SMILES string of the molecule is C#CC(C#CCOC)OC(=O)C1C(C=C(C)C)C1(C)C. The van der Waals surface area contributed by atoms with E-state index >= 15 is 0 Å². The predicted molar refractivity (Wildman–Crippen MR) is 78.6 cm³/mol. The average molecular weight is 274 g/mol. The zero-order valence-corrected chi connectivity index (χ0v) is 12.8. The van der Waals surface area contributed by atoms with Gasteiger partial charge in [-0.1, -0.05) is 31.4 Å². The van der Waals surface area contributed by atoms with Crippen LogP contribution >= 0.6 is 0 Å². The second kappa shape index (κ2) is 6.64. The second-order valence-corrected chi connectivity index (χ2v) is 5.81. The van der Waals surface area contributed by atoms with Crippen LogP contribution in [-0.2, 0) is 14.3 Å². The molecule has 3 atom stereocenters. The Morgan fingerprint density at radius 1 is 1.45 bits per heavy atom. The van der Waals surface area contributed by atoms with Gasteiger partial charge in [0.05, 0.1) is 5.92 Å². The lowest BCUT2D eigenvalue weighted by Gasteiger charge is -2.07. The molecule has 0 aliphatic heterocycles. The molecule has 0 aromatic carbocycles. The third-order valence-corrected chi connectivity index (χ3v) is 3.51. The molecular weight excluding hydrogens is 252 g/mol. The summed E-state index contributed by atoms with van der Waals surface area (Å²) in [7, 11) is 1.54. The first-order valence-electron chi connectivity index (χ1n) is 6.63. The fraction of sp³-hybridized carbons (Fsp3) is 0.588. The maximum atomic E-state index is 12.2. The smallest absolute Gasteiger partial charge is 0.312 e. The van der Waals surface area contributed by atoms with Gasteiger partial charge in [0.2, 0.25) is 6.10 Å². The molecule has 0 bridgehead atoms. The molecule has 3 unspecified atom stereocenters. The number of terminal acetylenes is 1. The molecule has 0 radical (unpaired) electrons. The summed E-state index contributed by atoms with van der Waals surface area (Å²) in [4.78, 5) is 12.2. The molecular formula is C17H22O3. The van der Waals surface area contributed by atoms with Gasteiger partial charge in [-0.25, -0.2) is 0 Å². The molecule has 0 amide bonds. The highest BCUT2D eigenvalue weighted by molar-refractivity contribution is 5.79. The summed E-state index contributed by atoms with van der Waals surface area (Å²) in [6, 6.07) is 0. The minimum absolute atomic E-state index is 0.0759. The maximum absolute atomic E-state index is 12.2. The van der Waals surface area contributed by atoms with Crippen molar-refractivity contribution < 1.29 is 14.3 Å². The molecule has 0 spiro atoms. The van der Waals surface area contributed by atoms with Crippen molar-refractivity contribution in [2.75, 3.05) is 13.7 Å². The molecule has 1 saturated carbocycles. The van der Waals surface area contributed by atoms with Crippen molar-refractivity contribution in [2.24, 2.45) is 17.3 Å². The average Bonchev–Trinajstić information content (AvgIpc) is 2.88. The van der Waals surface area contributed by atoms with E-state index in [0.717, 1.165) is 0 Å². The second-order valence-electron chi connectivity index (χ2n) is 5.81. The molecule has 0 aromatic heterocycles. The van der Waals surface area contributed by atoms with Gasteiger partial charge in [-0.15, -0.1) is 6.42 Å². The van der Waals surface area contributed by atoms with Crippen LogP contribution in [0.3, 0.4) is 0 Å². The molecule has 3 nitrogen and oxygen atoms in total. The van der Waals surface area contributed by atoms with Crippen molar-refractivity contribution in [1.82, 2.24) is 0 Å². The van der Waals surface area contributed by atoms with E-state index in [1.165, 1.54) is 5.57 Å². The van der Waals surface area contributed by atoms with E-state index < -0.39 is 6.10 Å². The molecule has 1 aliphatic rings. The molecule has 1 fully saturated rings. The molecule has 3 heteroatoms. The highest BCUT2D eigenvalue weighted by Gasteiger charge is 2.61. The van der Waals surface area contributed by atoms with E-state index in [2.05, 4.69) is 37.7 Å². The predicted octanol–water partition coefficient (Wildman–Crippen LogP) is 2.42. The lowest BCUT2D eigenvalue weighted by molar-refractivity contribution is -0.147. The van der Waals surface area contributed by atoms with Gasteiger partial charge in [0.25, 0.3) is 0 Å². The number of rotatable bonds is 4. The minimum atomic E-state index is -0.804. The first kappa shape index (κ1) is 16.3. The third-order valence-electron chi connectivity index (χ3n) is 3.51. The maximum Gasteiger partial charge on any atom is 0.312 e. The summed E-state index contributed by atoms with van der Waals surface area (Å²) >= 11 is 0. The number of ether oxygens (including phenoxy) is 2. The van der Waals surface area contributed by atoms with Gasteiger partial charge in [-0.2, -0.15) is 0 Å². The Morgan fingerprint density at radius 3 is 2.60 bits per heavy atom. The van der Waals surface area contributed by atoms with Crippen LogP contribution in [0.25, 0.3) is 0 Å². The molecule has 1 rings (SSSR count). The summed E-state index contributed by atoms with van der Waals surface area (Å²) in [5.41, 5.74) is 1.12. The number of hydrogen-bond acceptors (Lipinski definition) is 3. The number of carbonyl (C=O) groups excluding carboxylic acids is 1. The van der Waals surface area contributed by atoms with E-state index in [9.17, 15) is 4.79 Å². The molecule has 0 saturated heterocycles. The minimum Gasteiger partial charge on any atom is -0.437 e. The monoisotopic (exact) mass is 274 g/mol. The first-order chi connectivity index (χ1) is 9.34. The summed E-state index contributed by atoms with van der Waals surface area (Å²) in [5, 5.41) is 0. The fourth-order valence-electron chi connectivity index (χ4n) is 2.30. The van der Waals surface area contributed by atoms with Crippen LogP contribution < -0.4 is 0 Å². The van der Waals surface area contributed by atoms with E-state index in [-0.39, 0.29) is 29.8 Å². The highest BCUT2D eigenvalue weighted by atomic mass is 16.5. The lowest BCUT2D eigenvalue weighted by atomic mass is 10.1. The normalized spacial score (nSPS) is 23.6. The Hall–Kier alpha value is -1.71. The Balaban J connectivity index is 2.67. The van der Waals surface area contributed by atoms with Crippen LogP contribution in [0.4, 0.5) is 0 Å². The van der Waals surface area contributed by atoms with E-state index in [1.54, 1.807) is 7.11 Å². The highest BCUT2D eigenvalue weighted by Crippen LogP contribution is 2.59. The summed E-state index contributed by atoms with van der Waals surface area (Å²) in [5.74, 6) is 7.58. The molecule has 0 N–H and O–H groups in total. The van der Waals surface area contributed by atoms with Crippen molar-refractivity contribution in [3.05, 3.63) is 11.6 Å². The topological polar surface area (TPSA) is 35.5 Å². The van der Waals surface area contributed by atoms with E-state index in [0.29, 0.717) is 0 Å². The number of hydrogen-bond donors (Lipinski definition) is 0. The number of carbonyl (C=O) groups is 1. The van der Waals surface area contributed by atoms with E-state index in [1.807, 2.05) is 13.8 Å². The van der Waals surface area contributed by atoms with Gasteiger partial charge in [-0.3, -0.25) is 4.79 Å². The van der Waals surface area contributed by atoms with Crippen LogP contribution in [0, 0.1) is 41.4 Å². The summed E-state index contributed by atoms with van der Waals surface area (Å²) in [6.07, 6.45) is 6.64. The zero-order valence-electron chi connectivity index (χ0n) is 12.8. The largest absolute Gasteiger partial charge is 0.437 e. The Bertz CT molecular complexity index is 493. The van der Waals surface area contributed by atoms with Crippen LogP contribution in [0.1, 0.15) is 27.7 Å². The van der Waals surface area contributed by atoms with Gasteiger partial charge in [-0.05, 0) is 37.0 Å². The van der Waals surface area contributed by atoms with Crippen molar-refractivity contribution in [3.8, 4) is 24.2 Å².